The van der Waals surface area contributed by atoms with Crippen LogP contribution in [-0.2, 0) is 0 Å². The number of likely N-dealkylation sites (N-methyl/N-ethyl adjacent to an activating group) is 1. The molecule has 0 aliphatic carbocycles. The third-order valence-corrected chi connectivity index (χ3v) is 5.88. The number of nitrogens with zero attached hydrogens (tertiary/aromatic N) is 2. The second kappa shape index (κ2) is 10.5. The molecular formula is C26H33N3O3. The summed E-state index contributed by atoms with van der Waals surface area (Å²) in [5, 5.41) is 4.68. The number of rotatable bonds is 9. The van der Waals surface area contributed by atoms with Gasteiger partial charge in [0.05, 0.1) is 25.5 Å². The van der Waals surface area contributed by atoms with Crippen molar-refractivity contribution in [3.8, 4) is 22.8 Å². The SMILES string of the molecule is CCN(CC)CCNC(=O)c1cnc(-c2ccc(C)cc2C)c2cc(OC)c(OC)cc12. The van der Waals surface area contributed by atoms with Crippen LogP contribution in [0.2, 0.25) is 0 Å². The zero-order valence-corrected chi connectivity index (χ0v) is 19.9. The minimum Gasteiger partial charge on any atom is -0.493 e. The van der Waals surface area contributed by atoms with Crippen molar-refractivity contribution in [3.05, 3.63) is 53.2 Å². The summed E-state index contributed by atoms with van der Waals surface area (Å²) < 4.78 is 11.1. The molecule has 3 rings (SSSR count). The van der Waals surface area contributed by atoms with Gasteiger partial charge in [-0.05, 0) is 44.6 Å². The molecule has 0 bridgehead atoms. The predicted octanol–water partition coefficient (Wildman–Crippen LogP) is 4.61. The van der Waals surface area contributed by atoms with E-state index in [0.29, 0.717) is 23.6 Å². The number of aromatic nitrogens is 1. The lowest BCUT2D eigenvalue weighted by Gasteiger charge is -2.19. The van der Waals surface area contributed by atoms with Crippen molar-refractivity contribution in [1.82, 2.24) is 15.2 Å². The normalized spacial score (nSPS) is 11.1. The Morgan fingerprint density at radius 1 is 1.00 bits per heavy atom. The molecule has 0 atom stereocenters. The molecule has 0 aliphatic rings. The van der Waals surface area contributed by atoms with Gasteiger partial charge in [-0.2, -0.15) is 0 Å². The van der Waals surface area contributed by atoms with Crippen LogP contribution in [0, 0.1) is 13.8 Å². The number of fused-ring (bicyclic) bond motifs is 1. The maximum atomic E-state index is 13.1. The molecule has 0 fully saturated rings. The second-order valence-corrected chi connectivity index (χ2v) is 7.87. The van der Waals surface area contributed by atoms with Crippen LogP contribution >= 0.6 is 0 Å². The smallest absolute Gasteiger partial charge is 0.253 e. The number of aryl methyl sites for hydroxylation is 2. The number of amides is 1. The highest BCUT2D eigenvalue weighted by Gasteiger charge is 2.19. The summed E-state index contributed by atoms with van der Waals surface area (Å²) in [6.07, 6.45) is 1.66. The van der Waals surface area contributed by atoms with E-state index >= 15 is 0 Å². The van der Waals surface area contributed by atoms with Gasteiger partial charge in [0.2, 0.25) is 0 Å². The molecule has 1 amide bonds. The monoisotopic (exact) mass is 435 g/mol. The van der Waals surface area contributed by atoms with Crippen molar-refractivity contribution in [3.63, 3.8) is 0 Å². The van der Waals surface area contributed by atoms with E-state index in [-0.39, 0.29) is 5.91 Å². The molecule has 0 radical (unpaired) electrons. The van der Waals surface area contributed by atoms with E-state index in [9.17, 15) is 4.79 Å². The molecule has 6 nitrogen and oxygen atoms in total. The Kier molecular flexibility index (Phi) is 7.70. The summed E-state index contributed by atoms with van der Waals surface area (Å²) >= 11 is 0. The van der Waals surface area contributed by atoms with E-state index in [1.807, 2.05) is 12.1 Å². The average molecular weight is 436 g/mol. The second-order valence-electron chi connectivity index (χ2n) is 7.87. The maximum Gasteiger partial charge on any atom is 0.253 e. The number of methoxy groups -OCH3 is 2. The third-order valence-electron chi connectivity index (χ3n) is 5.88. The van der Waals surface area contributed by atoms with E-state index in [0.717, 1.165) is 47.2 Å². The summed E-state index contributed by atoms with van der Waals surface area (Å²) in [7, 11) is 3.21. The van der Waals surface area contributed by atoms with Gasteiger partial charge in [-0.1, -0.05) is 37.6 Å². The Morgan fingerprint density at radius 2 is 1.66 bits per heavy atom. The number of hydrogen-bond donors (Lipinski definition) is 1. The topological polar surface area (TPSA) is 63.7 Å². The van der Waals surface area contributed by atoms with Crippen molar-refractivity contribution in [2.75, 3.05) is 40.4 Å². The summed E-state index contributed by atoms with van der Waals surface area (Å²) in [5.74, 6) is 1.04. The molecule has 170 valence electrons. The minimum absolute atomic E-state index is 0.144. The lowest BCUT2D eigenvalue weighted by Crippen LogP contribution is -2.34. The van der Waals surface area contributed by atoms with Crippen molar-refractivity contribution in [1.29, 1.82) is 0 Å². The molecule has 32 heavy (non-hydrogen) atoms. The van der Waals surface area contributed by atoms with Gasteiger partial charge in [-0.3, -0.25) is 9.78 Å². The Labute approximate surface area is 190 Å². The number of nitrogens with one attached hydrogen (secondary N) is 1. The summed E-state index contributed by atoms with van der Waals surface area (Å²) in [6, 6.07) is 10.1. The van der Waals surface area contributed by atoms with Gasteiger partial charge in [-0.25, -0.2) is 0 Å². The Morgan fingerprint density at radius 3 is 2.25 bits per heavy atom. The van der Waals surface area contributed by atoms with Crippen molar-refractivity contribution < 1.29 is 14.3 Å². The van der Waals surface area contributed by atoms with Crippen LogP contribution in [0.15, 0.2) is 36.5 Å². The zero-order chi connectivity index (χ0) is 23.3. The van der Waals surface area contributed by atoms with Gasteiger partial charge >= 0.3 is 0 Å². The predicted molar refractivity (Wildman–Crippen MR) is 130 cm³/mol. The molecule has 0 spiro atoms. The minimum atomic E-state index is -0.144. The molecule has 2 aromatic carbocycles. The summed E-state index contributed by atoms with van der Waals surface area (Å²) in [5.41, 5.74) is 4.69. The highest BCUT2D eigenvalue weighted by atomic mass is 16.5. The fourth-order valence-electron chi connectivity index (χ4n) is 4.00. The van der Waals surface area contributed by atoms with Gasteiger partial charge in [0, 0.05) is 35.6 Å². The third kappa shape index (κ3) is 4.86. The first kappa shape index (κ1) is 23.5. The number of pyridine rings is 1. The summed E-state index contributed by atoms with van der Waals surface area (Å²) in [4.78, 5) is 20.1. The van der Waals surface area contributed by atoms with Crippen molar-refractivity contribution >= 4 is 16.7 Å². The molecule has 0 saturated heterocycles. The van der Waals surface area contributed by atoms with E-state index in [1.165, 1.54) is 5.56 Å². The first-order valence-corrected chi connectivity index (χ1v) is 11.1. The molecule has 0 saturated carbocycles. The fraction of sp³-hybridized carbons (Fsp3) is 0.385. The number of benzene rings is 2. The van der Waals surface area contributed by atoms with E-state index < -0.39 is 0 Å². The standard InChI is InChI=1S/C26H33N3O3/c1-7-29(8-2)12-11-27-26(30)22-16-28-25(19-10-9-17(3)13-18(19)4)21-15-24(32-6)23(31-5)14-20(21)22/h9-10,13-16H,7-8,11-12H2,1-6H3,(H,27,30). The highest BCUT2D eigenvalue weighted by Crippen LogP contribution is 2.38. The van der Waals surface area contributed by atoms with E-state index in [1.54, 1.807) is 20.4 Å². The van der Waals surface area contributed by atoms with Crippen molar-refractivity contribution in [2.24, 2.45) is 0 Å². The molecule has 1 N–H and O–H groups in total. The first-order valence-electron chi connectivity index (χ1n) is 11.1. The van der Waals surface area contributed by atoms with Crippen LogP contribution < -0.4 is 14.8 Å². The Balaban J connectivity index is 2.09. The first-order chi connectivity index (χ1) is 15.4. The molecule has 0 unspecified atom stereocenters. The number of ether oxygens (including phenoxy) is 2. The molecule has 0 aliphatic heterocycles. The van der Waals surface area contributed by atoms with E-state index in [4.69, 9.17) is 14.5 Å². The van der Waals surface area contributed by atoms with Crippen LogP contribution in [0.3, 0.4) is 0 Å². The van der Waals surface area contributed by atoms with Crippen LogP contribution in [0.5, 0.6) is 11.5 Å². The van der Waals surface area contributed by atoms with Crippen LogP contribution in [0.1, 0.15) is 35.3 Å². The fourth-order valence-corrected chi connectivity index (χ4v) is 4.00. The lowest BCUT2D eigenvalue weighted by molar-refractivity contribution is 0.0950. The van der Waals surface area contributed by atoms with E-state index in [2.05, 4.69) is 56.1 Å². The number of hydrogen-bond acceptors (Lipinski definition) is 5. The lowest BCUT2D eigenvalue weighted by atomic mass is 9.96. The largest absolute Gasteiger partial charge is 0.493 e. The van der Waals surface area contributed by atoms with Gasteiger partial charge < -0.3 is 19.7 Å². The van der Waals surface area contributed by atoms with Crippen LogP contribution in [0.25, 0.3) is 22.0 Å². The quantitative estimate of drug-likeness (QED) is 0.532. The number of carbonyl (C=O) groups is 1. The van der Waals surface area contributed by atoms with Gasteiger partial charge in [0.1, 0.15) is 0 Å². The zero-order valence-electron chi connectivity index (χ0n) is 19.9. The van der Waals surface area contributed by atoms with Gasteiger partial charge in [0.15, 0.2) is 11.5 Å². The van der Waals surface area contributed by atoms with Gasteiger partial charge in [0.25, 0.3) is 5.91 Å². The van der Waals surface area contributed by atoms with Gasteiger partial charge in [-0.15, -0.1) is 0 Å². The highest BCUT2D eigenvalue weighted by molar-refractivity contribution is 6.10. The number of carbonyl (C=O) groups excluding carboxylic acids is 1. The molecule has 3 aromatic rings. The maximum absolute atomic E-state index is 13.1. The summed E-state index contributed by atoms with van der Waals surface area (Å²) in [6.45, 7) is 11.7. The molecule has 1 heterocycles. The molecular weight excluding hydrogens is 402 g/mol. The van der Waals surface area contributed by atoms with Crippen LogP contribution in [0.4, 0.5) is 0 Å². The molecule has 1 aromatic heterocycles. The molecule has 6 heteroatoms. The Hall–Kier alpha value is -3.12. The van der Waals surface area contributed by atoms with Crippen molar-refractivity contribution in [2.45, 2.75) is 27.7 Å². The average Bonchev–Trinajstić information content (AvgIpc) is 2.80. The Bertz CT molecular complexity index is 1110. The van der Waals surface area contributed by atoms with Crippen LogP contribution in [-0.4, -0.2) is 56.2 Å².